The third kappa shape index (κ3) is 2.64. The van der Waals surface area contributed by atoms with E-state index in [2.05, 4.69) is 21.9 Å². The van der Waals surface area contributed by atoms with E-state index in [-0.39, 0.29) is 0 Å². The molecular weight excluding hydrogens is 236 g/mol. The van der Waals surface area contributed by atoms with Crippen molar-refractivity contribution in [1.29, 1.82) is 0 Å². The second kappa shape index (κ2) is 5.27. The number of halogens is 1. The van der Waals surface area contributed by atoms with Crippen LogP contribution in [0.15, 0.2) is 18.6 Å². The monoisotopic (exact) mass is 250 g/mol. The van der Waals surface area contributed by atoms with Crippen molar-refractivity contribution in [2.24, 2.45) is 0 Å². The summed E-state index contributed by atoms with van der Waals surface area (Å²) in [7, 11) is 0. The molecular formula is C12H15ClN4. The van der Waals surface area contributed by atoms with E-state index in [9.17, 15) is 0 Å². The molecule has 0 saturated carbocycles. The summed E-state index contributed by atoms with van der Waals surface area (Å²) in [6.45, 7) is 5.08. The molecule has 2 heterocycles. The number of hydrogen-bond acceptors (Lipinski definition) is 3. The first-order valence-corrected chi connectivity index (χ1v) is 6.16. The molecule has 0 unspecified atom stereocenters. The topological polar surface area (TPSA) is 43.6 Å². The zero-order valence-electron chi connectivity index (χ0n) is 10.0. The van der Waals surface area contributed by atoms with E-state index in [1.165, 1.54) is 0 Å². The lowest BCUT2D eigenvalue weighted by molar-refractivity contribution is 0.681. The quantitative estimate of drug-likeness (QED) is 0.784. The third-order valence-corrected chi connectivity index (χ3v) is 2.71. The highest BCUT2D eigenvalue weighted by atomic mass is 35.5. The third-order valence-electron chi connectivity index (χ3n) is 2.52. The van der Waals surface area contributed by atoms with Gasteiger partial charge in [-0.25, -0.2) is 15.0 Å². The van der Waals surface area contributed by atoms with Crippen LogP contribution in [-0.4, -0.2) is 19.5 Å². The summed E-state index contributed by atoms with van der Waals surface area (Å²) in [6.07, 6.45) is 5.47. The van der Waals surface area contributed by atoms with Gasteiger partial charge in [0.2, 0.25) is 0 Å². The van der Waals surface area contributed by atoms with Crippen molar-refractivity contribution in [2.45, 2.75) is 33.2 Å². The largest absolute Gasteiger partial charge is 0.328 e. The van der Waals surface area contributed by atoms with Gasteiger partial charge < -0.3 is 4.57 Å². The molecule has 0 radical (unpaired) electrons. The summed E-state index contributed by atoms with van der Waals surface area (Å²) < 4.78 is 2.05. The van der Waals surface area contributed by atoms with Crippen molar-refractivity contribution in [3.63, 3.8) is 0 Å². The highest BCUT2D eigenvalue weighted by Gasteiger charge is 2.09. The minimum atomic E-state index is 0.482. The Kier molecular flexibility index (Phi) is 3.74. The zero-order chi connectivity index (χ0) is 12.3. The second-order valence-electron chi connectivity index (χ2n) is 3.83. The van der Waals surface area contributed by atoms with Crippen molar-refractivity contribution in [3.8, 4) is 11.5 Å². The molecule has 0 amide bonds. The maximum Gasteiger partial charge on any atom is 0.179 e. The molecule has 0 saturated heterocycles. The zero-order valence-corrected chi connectivity index (χ0v) is 10.8. The highest BCUT2D eigenvalue weighted by molar-refractivity contribution is 6.29. The van der Waals surface area contributed by atoms with Gasteiger partial charge in [-0.05, 0) is 18.9 Å². The van der Waals surface area contributed by atoms with E-state index in [0.29, 0.717) is 11.0 Å². The molecule has 5 heteroatoms. The molecule has 0 spiro atoms. The summed E-state index contributed by atoms with van der Waals surface area (Å²) in [4.78, 5) is 12.9. The fraction of sp³-hybridized carbons (Fsp3) is 0.417. The van der Waals surface area contributed by atoms with Gasteiger partial charge in [-0.3, -0.25) is 0 Å². The van der Waals surface area contributed by atoms with Crippen LogP contribution >= 0.6 is 11.6 Å². The lowest BCUT2D eigenvalue weighted by Crippen LogP contribution is -2.02. The standard InChI is InChI=1S/C12H15ClN4/c1-3-5-17-8-14-7-10(17)12-15-9(4-2)6-11(13)16-12/h6-8H,3-5H2,1-2H3. The van der Waals surface area contributed by atoms with Gasteiger partial charge in [0, 0.05) is 12.2 Å². The molecule has 2 aromatic heterocycles. The number of rotatable bonds is 4. The van der Waals surface area contributed by atoms with E-state index in [4.69, 9.17) is 11.6 Å². The Morgan fingerprint density at radius 3 is 2.82 bits per heavy atom. The predicted octanol–water partition coefficient (Wildman–Crippen LogP) is 2.97. The molecule has 0 N–H and O–H groups in total. The minimum absolute atomic E-state index is 0.482. The maximum absolute atomic E-state index is 5.99. The Morgan fingerprint density at radius 2 is 2.12 bits per heavy atom. The van der Waals surface area contributed by atoms with Crippen molar-refractivity contribution in [2.75, 3.05) is 0 Å². The number of nitrogens with zero attached hydrogens (tertiary/aromatic N) is 4. The van der Waals surface area contributed by atoms with Crippen molar-refractivity contribution in [1.82, 2.24) is 19.5 Å². The number of imidazole rings is 1. The number of aromatic nitrogens is 4. The molecule has 0 bridgehead atoms. The van der Waals surface area contributed by atoms with Gasteiger partial charge in [-0.15, -0.1) is 0 Å². The Bertz CT molecular complexity index is 507. The lowest BCUT2D eigenvalue weighted by atomic mass is 10.3. The fourth-order valence-corrected chi connectivity index (χ4v) is 1.89. The summed E-state index contributed by atoms with van der Waals surface area (Å²) >= 11 is 5.99. The molecule has 0 fully saturated rings. The Labute approximate surface area is 106 Å². The first kappa shape index (κ1) is 12.0. The van der Waals surface area contributed by atoms with E-state index < -0.39 is 0 Å². The number of aryl methyl sites for hydroxylation is 2. The Hall–Kier alpha value is -1.42. The van der Waals surface area contributed by atoms with E-state index >= 15 is 0 Å². The lowest BCUT2D eigenvalue weighted by Gasteiger charge is -2.06. The van der Waals surface area contributed by atoms with Crippen LogP contribution in [0.25, 0.3) is 11.5 Å². The molecule has 17 heavy (non-hydrogen) atoms. The smallest absolute Gasteiger partial charge is 0.179 e. The van der Waals surface area contributed by atoms with Gasteiger partial charge in [-0.1, -0.05) is 25.4 Å². The molecule has 0 aliphatic heterocycles. The predicted molar refractivity (Wildman–Crippen MR) is 67.9 cm³/mol. The summed E-state index contributed by atoms with van der Waals surface area (Å²) in [5.74, 6) is 0.653. The van der Waals surface area contributed by atoms with Gasteiger partial charge in [0.05, 0.1) is 12.5 Å². The van der Waals surface area contributed by atoms with Crippen LogP contribution in [0.4, 0.5) is 0 Å². The molecule has 90 valence electrons. The van der Waals surface area contributed by atoms with Gasteiger partial charge in [0.15, 0.2) is 5.82 Å². The van der Waals surface area contributed by atoms with Crippen LogP contribution in [0, 0.1) is 0 Å². The van der Waals surface area contributed by atoms with Gasteiger partial charge in [0.25, 0.3) is 0 Å². The van der Waals surface area contributed by atoms with Crippen molar-refractivity contribution < 1.29 is 0 Å². The van der Waals surface area contributed by atoms with Gasteiger partial charge >= 0.3 is 0 Å². The van der Waals surface area contributed by atoms with Crippen LogP contribution in [0.2, 0.25) is 5.15 Å². The molecule has 0 aliphatic carbocycles. The summed E-state index contributed by atoms with van der Waals surface area (Å²) in [6, 6.07) is 1.80. The molecule has 0 aliphatic rings. The van der Waals surface area contributed by atoms with Crippen LogP contribution in [0.1, 0.15) is 26.0 Å². The van der Waals surface area contributed by atoms with Crippen LogP contribution in [0.5, 0.6) is 0 Å². The SMILES string of the molecule is CCCn1cncc1-c1nc(Cl)cc(CC)n1. The second-order valence-corrected chi connectivity index (χ2v) is 4.22. The first-order valence-electron chi connectivity index (χ1n) is 5.78. The van der Waals surface area contributed by atoms with Crippen LogP contribution in [0.3, 0.4) is 0 Å². The molecule has 0 atom stereocenters. The summed E-state index contributed by atoms with van der Waals surface area (Å²) in [5, 5.41) is 0.482. The van der Waals surface area contributed by atoms with E-state index in [1.807, 2.05) is 11.5 Å². The van der Waals surface area contributed by atoms with Crippen molar-refractivity contribution in [3.05, 3.63) is 29.4 Å². The maximum atomic E-state index is 5.99. The van der Waals surface area contributed by atoms with Gasteiger partial charge in [-0.2, -0.15) is 0 Å². The molecule has 2 aromatic rings. The van der Waals surface area contributed by atoms with Gasteiger partial charge in [0.1, 0.15) is 10.8 Å². The van der Waals surface area contributed by atoms with E-state index in [0.717, 1.165) is 30.8 Å². The fourth-order valence-electron chi connectivity index (χ4n) is 1.69. The number of hydrogen-bond donors (Lipinski definition) is 0. The van der Waals surface area contributed by atoms with Crippen molar-refractivity contribution >= 4 is 11.6 Å². The average Bonchev–Trinajstić information content (AvgIpc) is 2.77. The normalized spacial score (nSPS) is 10.8. The molecule has 4 nitrogen and oxygen atoms in total. The first-order chi connectivity index (χ1) is 8.24. The Morgan fingerprint density at radius 1 is 1.29 bits per heavy atom. The van der Waals surface area contributed by atoms with Crippen LogP contribution in [-0.2, 0) is 13.0 Å². The molecule has 0 aromatic carbocycles. The van der Waals surface area contributed by atoms with E-state index in [1.54, 1.807) is 18.6 Å². The highest BCUT2D eigenvalue weighted by Crippen LogP contribution is 2.18. The average molecular weight is 251 g/mol. The Balaban J connectivity index is 2.44. The summed E-state index contributed by atoms with van der Waals surface area (Å²) in [5.41, 5.74) is 1.87. The minimum Gasteiger partial charge on any atom is -0.328 e. The van der Waals surface area contributed by atoms with Crippen LogP contribution < -0.4 is 0 Å². The molecule has 2 rings (SSSR count).